The van der Waals surface area contributed by atoms with Crippen LogP contribution in [0.1, 0.15) is 42.7 Å². The summed E-state index contributed by atoms with van der Waals surface area (Å²) in [6, 6.07) is 9.28. The van der Waals surface area contributed by atoms with Crippen LogP contribution >= 0.6 is 0 Å². The van der Waals surface area contributed by atoms with Crippen molar-refractivity contribution in [1.82, 2.24) is 5.32 Å². The van der Waals surface area contributed by atoms with E-state index in [1.54, 1.807) is 0 Å². The van der Waals surface area contributed by atoms with Gasteiger partial charge in [-0.05, 0) is 55.8 Å². The second-order valence-electron chi connectivity index (χ2n) is 5.86. The van der Waals surface area contributed by atoms with Crippen LogP contribution in [-0.4, -0.2) is 26.8 Å². The fourth-order valence-electron chi connectivity index (χ4n) is 3.22. The van der Waals surface area contributed by atoms with E-state index >= 15 is 0 Å². The fourth-order valence-corrected chi connectivity index (χ4v) is 3.22. The van der Waals surface area contributed by atoms with Crippen LogP contribution in [0, 0.1) is 0 Å². The van der Waals surface area contributed by atoms with Crippen molar-refractivity contribution in [3.05, 3.63) is 35.4 Å². The van der Waals surface area contributed by atoms with E-state index in [2.05, 4.69) is 29.6 Å². The molecule has 1 saturated heterocycles. The van der Waals surface area contributed by atoms with Crippen molar-refractivity contribution in [1.29, 1.82) is 0 Å². The molecule has 0 unspecified atom stereocenters. The first-order valence-electron chi connectivity index (χ1n) is 7.14. The molecule has 1 aromatic rings. The van der Waals surface area contributed by atoms with Gasteiger partial charge in [0.05, 0.1) is 6.61 Å². The van der Waals surface area contributed by atoms with Gasteiger partial charge in [0, 0.05) is 12.5 Å². The molecule has 2 aliphatic rings. The highest BCUT2D eigenvalue weighted by atomic mass is 16.5. The maximum Gasteiger partial charge on any atom is 0.0559 e. The van der Waals surface area contributed by atoms with E-state index in [9.17, 15) is 0 Å². The average molecular weight is 245 g/mol. The summed E-state index contributed by atoms with van der Waals surface area (Å²) in [5.41, 5.74) is 3.38. The van der Waals surface area contributed by atoms with Gasteiger partial charge in [-0.15, -0.1) is 0 Å². The third kappa shape index (κ3) is 2.32. The molecule has 0 atom stereocenters. The molecule has 1 heterocycles. The molecule has 1 N–H and O–H groups in total. The molecule has 1 saturated carbocycles. The average Bonchev–Trinajstić information content (AvgIpc) is 3.21. The Kier molecular flexibility index (Phi) is 3.40. The number of piperidine rings is 1. The van der Waals surface area contributed by atoms with Gasteiger partial charge in [-0.1, -0.05) is 24.3 Å². The zero-order valence-corrected chi connectivity index (χ0v) is 11.2. The van der Waals surface area contributed by atoms with Crippen LogP contribution in [0.25, 0.3) is 0 Å². The third-order valence-electron chi connectivity index (χ3n) is 4.58. The molecule has 0 bridgehead atoms. The van der Waals surface area contributed by atoms with Crippen molar-refractivity contribution in [3.63, 3.8) is 0 Å². The van der Waals surface area contributed by atoms with E-state index in [0.717, 1.165) is 25.6 Å². The Morgan fingerprint density at radius 3 is 2.72 bits per heavy atom. The number of benzene rings is 1. The molecule has 1 aliphatic carbocycles. The topological polar surface area (TPSA) is 21.3 Å². The predicted octanol–water partition coefficient (Wildman–Crippen LogP) is 2.83. The van der Waals surface area contributed by atoms with Gasteiger partial charge in [-0.3, -0.25) is 0 Å². The van der Waals surface area contributed by atoms with Crippen LogP contribution in [0.4, 0.5) is 0 Å². The zero-order chi connectivity index (χ0) is 12.4. The second kappa shape index (κ2) is 5.02. The van der Waals surface area contributed by atoms with Gasteiger partial charge in [0.1, 0.15) is 0 Å². The first-order valence-corrected chi connectivity index (χ1v) is 7.14. The zero-order valence-electron chi connectivity index (χ0n) is 11.2. The molecule has 98 valence electrons. The lowest BCUT2D eigenvalue weighted by atomic mass is 9.86. The largest absolute Gasteiger partial charge is 0.384 e. The number of rotatable bonds is 4. The highest BCUT2D eigenvalue weighted by Crippen LogP contribution is 2.48. The van der Waals surface area contributed by atoms with E-state index in [0.29, 0.717) is 5.41 Å². The van der Waals surface area contributed by atoms with E-state index in [1.807, 2.05) is 7.11 Å². The van der Waals surface area contributed by atoms with E-state index in [1.165, 1.54) is 36.8 Å². The lowest BCUT2D eigenvalue weighted by molar-refractivity contribution is 0.171. The van der Waals surface area contributed by atoms with Crippen LogP contribution in [0.3, 0.4) is 0 Å². The maximum atomic E-state index is 5.40. The predicted molar refractivity (Wildman–Crippen MR) is 74.1 cm³/mol. The van der Waals surface area contributed by atoms with Crippen LogP contribution in [0.15, 0.2) is 24.3 Å². The molecule has 2 nitrogen and oxygen atoms in total. The molecule has 2 fully saturated rings. The van der Waals surface area contributed by atoms with Crippen molar-refractivity contribution < 1.29 is 4.74 Å². The van der Waals surface area contributed by atoms with E-state index < -0.39 is 0 Å². The number of ether oxygens (including phenoxy) is 1. The van der Waals surface area contributed by atoms with Crippen molar-refractivity contribution in [3.8, 4) is 0 Å². The monoisotopic (exact) mass is 245 g/mol. The highest BCUT2D eigenvalue weighted by molar-refractivity contribution is 5.36. The minimum Gasteiger partial charge on any atom is -0.384 e. The van der Waals surface area contributed by atoms with Crippen LogP contribution < -0.4 is 5.32 Å². The summed E-state index contributed by atoms with van der Waals surface area (Å²) in [5, 5.41) is 3.44. The maximum absolute atomic E-state index is 5.40. The SMILES string of the molecule is COCC1(c2cccc(C3CCNCC3)c2)CC1. The Balaban J connectivity index is 1.80. The molecule has 0 aromatic heterocycles. The molecule has 0 spiro atoms. The Bertz CT molecular complexity index is 405. The molecule has 1 aliphatic heterocycles. The van der Waals surface area contributed by atoms with E-state index in [-0.39, 0.29) is 0 Å². The minimum atomic E-state index is 0.345. The van der Waals surface area contributed by atoms with Crippen molar-refractivity contribution in [2.45, 2.75) is 37.0 Å². The Morgan fingerprint density at radius 2 is 2.06 bits per heavy atom. The summed E-state index contributed by atoms with van der Waals surface area (Å²) in [6.45, 7) is 3.21. The lowest BCUT2D eigenvalue weighted by Crippen LogP contribution is -2.26. The van der Waals surface area contributed by atoms with Gasteiger partial charge < -0.3 is 10.1 Å². The number of nitrogens with one attached hydrogen (secondary N) is 1. The molecule has 2 heteroatoms. The summed E-state index contributed by atoms with van der Waals surface area (Å²) in [5.74, 6) is 0.754. The Labute approximate surface area is 110 Å². The number of hydrogen-bond donors (Lipinski definition) is 1. The third-order valence-corrected chi connectivity index (χ3v) is 4.58. The molecule has 1 aromatic carbocycles. The van der Waals surface area contributed by atoms with E-state index in [4.69, 9.17) is 4.74 Å². The van der Waals surface area contributed by atoms with Gasteiger partial charge in [0.15, 0.2) is 0 Å². The van der Waals surface area contributed by atoms with Gasteiger partial charge >= 0.3 is 0 Å². The molecule has 0 amide bonds. The fraction of sp³-hybridized carbons (Fsp3) is 0.625. The van der Waals surface area contributed by atoms with Gasteiger partial charge in [-0.25, -0.2) is 0 Å². The van der Waals surface area contributed by atoms with Gasteiger partial charge in [0.2, 0.25) is 0 Å². The molecule has 3 rings (SSSR count). The summed E-state index contributed by atoms with van der Waals surface area (Å²) >= 11 is 0. The first kappa shape index (κ1) is 12.2. The van der Waals surface area contributed by atoms with Crippen molar-refractivity contribution in [2.75, 3.05) is 26.8 Å². The standard InChI is InChI=1S/C16H23NO/c1-18-12-16(7-8-16)15-4-2-3-14(11-15)13-5-9-17-10-6-13/h2-4,11,13,17H,5-10,12H2,1H3. The highest BCUT2D eigenvalue weighted by Gasteiger charge is 2.44. The van der Waals surface area contributed by atoms with Crippen molar-refractivity contribution in [2.24, 2.45) is 0 Å². The summed E-state index contributed by atoms with van der Waals surface area (Å²) in [7, 11) is 1.82. The van der Waals surface area contributed by atoms with Crippen molar-refractivity contribution >= 4 is 0 Å². The minimum absolute atomic E-state index is 0.345. The Morgan fingerprint density at radius 1 is 1.28 bits per heavy atom. The summed E-state index contributed by atoms with van der Waals surface area (Å²) < 4.78 is 5.40. The second-order valence-corrected chi connectivity index (χ2v) is 5.86. The normalized spacial score (nSPS) is 22.9. The summed E-state index contributed by atoms with van der Waals surface area (Å²) in [4.78, 5) is 0. The number of hydrogen-bond acceptors (Lipinski definition) is 2. The van der Waals surface area contributed by atoms with Crippen LogP contribution in [-0.2, 0) is 10.2 Å². The lowest BCUT2D eigenvalue weighted by Gasteiger charge is -2.24. The Hall–Kier alpha value is -0.860. The molecular weight excluding hydrogens is 222 g/mol. The first-order chi connectivity index (χ1) is 8.84. The molecule has 0 radical (unpaired) electrons. The van der Waals surface area contributed by atoms with Crippen LogP contribution in [0.5, 0.6) is 0 Å². The number of methoxy groups -OCH3 is 1. The van der Waals surface area contributed by atoms with Crippen LogP contribution in [0.2, 0.25) is 0 Å². The van der Waals surface area contributed by atoms with Gasteiger partial charge in [-0.2, -0.15) is 0 Å². The smallest absolute Gasteiger partial charge is 0.0559 e. The van der Waals surface area contributed by atoms with Gasteiger partial charge in [0.25, 0.3) is 0 Å². The molecular formula is C16H23NO. The summed E-state index contributed by atoms with van der Waals surface area (Å²) in [6.07, 6.45) is 5.13. The quantitative estimate of drug-likeness (QED) is 0.880. The molecule has 18 heavy (non-hydrogen) atoms.